The fraction of sp³-hybridized carbons (Fsp3) is 0.176. The van der Waals surface area contributed by atoms with Gasteiger partial charge in [-0.3, -0.25) is 0 Å². The monoisotopic (exact) mass is 596 g/mol. The molecule has 1 aliphatic rings. The molecule has 0 amide bonds. The zero-order valence-electron chi connectivity index (χ0n) is 23.3. The Bertz CT molecular complexity index is 1580. The van der Waals surface area contributed by atoms with Crippen molar-refractivity contribution in [2.45, 2.75) is 24.1 Å². The van der Waals surface area contributed by atoms with Crippen LogP contribution in [0.3, 0.4) is 0 Å². The van der Waals surface area contributed by atoms with Gasteiger partial charge < -0.3 is 28.8 Å². The Balaban J connectivity index is 1.44. The van der Waals surface area contributed by atoms with Gasteiger partial charge in [0.1, 0.15) is 19.3 Å². The maximum absolute atomic E-state index is 13.2. The molecule has 0 saturated carbocycles. The summed E-state index contributed by atoms with van der Waals surface area (Å²) in [5.41, 5.74) is 0.768. The third kappa shape index (κ3) is 7.17. The fourth-order valence-electron chi connectivity index (χ4n) is 4.56. The first-order chi connectivity index (χ1) is 21.3. The quantitative estimate of drug-likeness (QED) is 0.209. The average molecular weight is 597 g/mol. The van der Waals surface area contributed by atoms with Gasteiger partial charge in [0.25, 0.3) is 0 Å². The molecule has 5 rings (SSSR count). The Kier molecular flexibility index (Phi) is 9.43. The van der Waals surface area contributed by atoms with Crippen molar-refractivity contribution in [2.24, 2.45) is 0 Å². The first kappa shape index (κ1) is 30.1. The maximum Gasteiger partial charge on any atom is 0.338 e. The van der Waals surface area contributed by atoms with Gasteiger partial charge in [-0.1, -0.05) is 72.8 Å². The topological polar surface area (TPSA) is 135 Å². The first-order valence-electron chi connectivity index (χ1n) is 13.7. The molecule has 0 aromatic heterocycles. The van der Waals surface area contributed by atoms with Crippen molar-refractivity contribution in [2.75, 3.05) is 13.2 Å². The summed E-state index contributed by atoms with van der Waals surface area (Å²) < 4.78 is 28.1. The van der Waals surface area contributed by atoms with E-state index >= 15 is 0 Å². The Morgan fingerprint density at radius 2 is 0.955 bits per heavy atom. The van der Waals surface area contributed by atoms with Gasteiger partial charge in [-0.2, -0.15) is 0 Å². The number of rotatable bonds is 10. The van der Waals surface area contributed by atoms with E-state index in [2.05, 4.69) is 0 Å². The molecule has 1 saturated heterocycles. The highest BCUT2D eigenvalue weighted by Crippen LogP contribution is 2.36. The molecule has 0 bridgehead atoms. The van der Waals surface area contributed by atoms with Crippen molar-refractivity contribution in [3.05, 3.63) is 144 Å². The van der Waals surface area contributed by atoms with Crippen LogP contribution < -0.4 is 0 Å². The summed E-state index contributed by atoms with van der Waals surface area (Å²) in [6.07, 6.45) is -4.52. The van der Waals surface area contributed by atoms with Crippen LogP contribution in [-0.4, -0.2) is 66.3 Å². The lowest BCUT2D eigenvalue weighted by Gasteiger charge is -2.29. The number of hydrogen-bond donors (Lipinski definition) is 1. The third-order valence-corrected chi connectivity index (χ3v) is 6.77. The molecule has 0 radical (unpaired) electrons. The van der Waals surface area contributed by atoms with Gasteiger partial charge in [-0.05, 0) is 48.5 Å². The largest absolute Gasteiger partial charge is 0.459 e. The second kappa shape index (κ2) is 13.8. The second-order valence-corrected chi connectivity index (χ2v) is 9.84. The minimum atomic E-state index is -2.50. The van der Waals surface area contributed by atoms with E-state index in [9.17, 15) is 24.3 Å². The van der Waals surface area contributed by atoms with Crippen LogP contribution >= 0.6 is 0 Å². The Labute approximate surface area is 252 Å². The lowest BCUT2D eigenvalue weighted by Crippen LogP contribution is -2.51. The van der Waals surface area contributed by atoms with Crippen molar-refractivity contribution < 1.29 is 48.0 Å². The van der Waals surface area contributed by atoms with Crippen LogP contribution in [0.25, 0.3) is 0 Å². The molecule has 10 heteroatoms. The van der Waals surface area contributed by atoms with Gasteiger partial charge >= 0.3 is 23.9 Å². The zero-order chi connectivity index (χ0) is 30.9. The summed E-state index contributed by atoms with van der Waals surface area (Å²) in [5, 5.41) is 11.7. The molecule has 44 heavy (non-hydrogen) atoms. The number of carbonyl (C=O) groups is 4. The van der Waals surface area contributed by atoms with Gasteiger partial charge in [0.2, 0.25) is 5.79 Å². The highest BCUT2D eigenvalue weighted by Gasteiger charge is 2.60. The fourth-order valence-corrected chi connectivity index (χ4v) is 4.56. The number of carbonyl (C=O) groups excluding carboxylic acids is 4. The molecule has 1 heterocycles. The average Bonchev–Trinajstić information content (AvgIpc) is 3.33. The number of aliphatic hydroxyl groups is 1. The third-order valence-electron chi connectivity index (χ3n) is 6.77. The zero-order valence-corrected chi connectivity index (χ0v) is 23.3. The summed E-state index contributed by atoms with van der Waals surface area (Å²) in [4.78, 5) is 51.8. The summed E-state index contributed by atoms with van der Waals surface area (Å²) in [6, 6.07) is 32.1. The van der Waals surface area contributed by atoms with Crippen molar-refractivity contribution in [3.63, 3.8) is 0 Å². The van der Waals surface area contributed by atoms with Crippen molar-refractivity contribution in [3.8, 4) is 0 Å². The highest BCUT2D eigenvalue weighted by atomic mass is 16.7. The van der Waals surface area contributed by atoms with Gasteiger partial charge in [0, 0.05) is 0 Å². The molecule has 10 nitrogen and oxygen atoms in total. The predicted octanol–water partition coefficient (Wildman–Crippen LogP) is 4.24. The van der Waals surface area contributed by atoms with E-state index in [0.29, 0.717) is 0 Å². The van der Waals surface area contributed by atoms with E-state index < -0.39 is 61.2 Å². The van der Waals surface area contributed by atoms with Crippen LogP contribution in [0.4, 0.5) is 0 Å². The Morgan fingerprint density at radius 3 is 1.41 bits per heavy atom. The van der Waals surface area contributed by atoms with Crippen molar-refractivity contribution in [1.82, 2.24) is 0 Å². The Morgan fingerprint density at radius 1 is 0.568 bits per heavy atom. The summed E-state index contributed by atoms with van der Waals surface area (Å²) >= 11 is 0. The van der Waals surface area contributed by atoms with E-state index in [4.69, 9.17) is 23.7 Å². The number of esters is 4. The van der Waals surface area contributed by atoms with Crippen LogP contribution in [0.15, 0.2) is 121 Å². The molecule has 4 aromatic rings. The molecule has 1 N–H and O–H groups in total. The Hall–Kier alpha value is -5.32. The summed E-state index contributed by atoms with van der Waals surface area (Å²) in [6.45, 7) is -1.31. The smallest absolute Gasteiger partial charge is 0.338 e. The minimum absolute atomic E-state index is 0.142. The molecule has 224 valence electrons. The van der Waals surface area contributed by atoms with E-state index in [1.807, 2.05) is 0 Å². The number of ether oxygens (including phenoxy) is 5. The van der Waals surface area contributed by atoms with Crippen LogP contribution in [0.1, 0.15) is 41.4 Å². The van der Waals surface area contributed by atoms with Gasteiger partial charge in [-0.25, -0.2) is 19.2 Å². The predicted molar refractivity (Wildman–Crippen MR) is 155 cm³/mol. The maximum atomic E-state index is 13.2. The van der Waals surface area contributed by atoms with Crippen LogP contribution in [0, 0.1) is 0 Å². The normalized spacial score (nSPS) is 20.7. The number of benzene rings is 4. The molecule has 4 atom stereocenters. The summed E-state index contributed by atoms with van der Waals surface area (Å²) in [7, 11) is 0. The van der Waals surface area contributed by atoms with Gasteiger partial charge in [0.05, 0.1) is 22.3 Å². The molecule has 4 aromatic carbocycles. The molecule has 1 fully saturated rings. The molecular formula is C34H28O10. The van der Waals surface area contributed by atoms with Gasteiger partial charge in [-0.15, -0.1) is 0 Å². The SMILES string of the molecule is O=C(OC[C@H]1O[C@@](O)(COC(=O)c2ccccc2)C(OC(=O)c2ccccc2)[C@@H]1OC(=O)c1ccccc1)c1ccccc1. The van der Waals surface area contributed by atoms with E-state index in [1.165, 1.54) is 36.4 Å². The molecule has 0 aliphatic carbocycles. The van der Waals surface area contributed by atoms with Crippen LogP contribution in [-0.2, 0) is 23.7 Å². The number of hydrogen-bond acceptors (Lipinski definition) is 10. The lowest BCUT2D eigenvalue weighted by atomic mass is 10.0. The first-order valence-corrected chi connectivity index (χ1v) is 13.7. The van der Waals surface area contributed by atoms with Crippen molar-refractivity contribution >= 4 is 23.9 Å². The van der Waals surface area contributed by atoms with Gasteiger partial charge in [0.15, 0.2) is 12.2 Å². The van der Waals surface area contributed by atoms with Crippen LogP contribution in [0.5, 0.6) is 0 Å². The summed E-state index contributed by atoms with van der Waals surface area (Å²) in [5.74, 6) is -5.67. The standard InChI is InChI=1S/C34H28O10/c35-30(23-13-5-1-6-14-23)40-21-27-28(42-32(37)25-17-9-3-10-18-25)29(43-33(38)26-19-11-4-12-20-26)34(39,44-27)22-41-31(36)24-15-7-2-8-16-24/h1-20,27-29,39H,21-22H2/t27-,28-,29?,34+/m1/s1. The highest BCUT2D eigenvalue weighted by molar-refractivity contribution is 5.91. The molecular weight excluding hydrogens is 568 g/mol. The lowest BCUT2D eigenvalue weighted by molar-refractivity contribution is -0.247. The van der Waals surface area contributed by atoms with E-state index in [1.54, 1.807) is 84.9 Å². The molecule has 1 aliphatic heterocycles. The molecule has 1 unspecified atom stereocenters. The van der Waals surface area contributed by atoms with Crippen LogP contribution in [0.2, 0.25) is 0 Å². The van der Waals surface area contributed by atoms with E-state index in [0.717, 1.165) is 0 Å². The van der Waals surface area contributed by atoms with E-state index in [-0.39, 0.29) is 22.3 Å². The minimum Gasteiger partial charge on any atom is -0.459 e. The second-order valence-electron chi connectivity index (χ2n) is 9.84. The van der Waals surface area contributed by atoms with Crippen molar-refractivity contribution in [1.29, 1.82) is 0 Å². The molecule has 0 spiro atoms.